The van der Waals surface area contributed by atoms with Gasteiger partial charge in [-0.2, -0.15) is 0 Å². The molecule has 0 saturated heterocycles. The van der Waals surface area contributed by atoms with Crippen molar-refractivity contribution < 1.29 is 0 Å². The average molecular weight is 217 g/mol. The first-order chi connectivity index (χ1) is 5.31. The highest BCUT2D eigenvalue weighted by molar-refractivity contribution is 9.09. The van der Waals surface area contributed by atoms with Gasteiger partial charge in [0.15, 0.2) is 0 Å². The molecule has 0 aliphatic rings. The van der Waals surface area contributed by atoms with E-state index in [0.29, 0.717) is 5.92 Å². The third kappa shape index (κ3) is 7.94. The van der Waals surface area contributed by atoms with E-state index in [1.165, 1.54) is 25.7 Å². The summed E-state index contributed by atoms with van der Waals surface area (Å²) in [6.45, 7) is 4.43. The molecule has 0 bridgehead atoms. The molecule has 0 radical (unpaired) electrons. The molecule has 11 heavy (non-hydrogen) atoms. The fourth-order valence-corrected chi connectivity index (χ4v) is 1.15. The van der Waals surface area contributed by atoms with Crippen LogP contribution >= 0.6 is 15.9 Å². The molecule has 0 heterocycles. The highest BCUT2D eigenvalue weighted by Gasteiger charge is 1.94. The van der Waals surface area contributed by atoms with Gasteiger partial charge in [0, 0.05) is 5.92 Å². The second-order valence-corrected chi connectivity index (χ2v) is 3.41. The van der Waals surface area contributed by atoms with Crippen LogP contribution in [0, 0.1) is 17.8 Å². The highest BCUT2D eigenvalue weighted by atomic mass is 79.9. The van der Waals surface area contributed by atoms with E-state index in [4.69, 9.17) is 0 Å². The summed E-state index contributed by atoms with van der Waals surface area (Å²) in [7, 11) is 0. The third-order valence-corrected chi connectivity index (χ3v) is 1.94. The number of hydrogen-bond acceptors (Lipinski definition) is 0. The summed E-state index contributed by atoms with van der Waals surface area (Å²) in [6.07, 6.45) is 5.24. The van der Waals surface area contributed by atoms with Gasteiger partial charge >= 0.3 is 0 Å². The first-order valence-corrected chi connectivity index (χ1v) is 5.47. The molecular weight excluding hydrogens is 200 g/mol. The fourth-order valence-electron chi connectivity index (χ4n) is 0.985. The summed E-state index contributed by atoms with van der Waals surface area (Å²) in [6, 6.07) is 0. The maximum Gasteiger partial charge on any atom is 0.0645 e. The van der Waals surface area contributed by atoms with Crippen molar-refractivity contribution in [3.05, 3.63) is 0 Å². The molecule has 0 aliphatic heterocycles. The normalized spacial score (nSPS) is 11.9. The molecule has 0 spiro atoms. The van der Waals surface area contributed by atoms with Crippen LogP contribution in [0.15, 0.2) is 0 Å². The van der Waals surface area contributed by atoms with E-state index in [0.717, 1.165) is 5.33 Å². The van der Waals surface area contributed by atoms with Crippen molar-refractivity contribution in [2.75, 3.05) is 5.33 Å². The van der Waals surface area contributed by atoms with Crippen LogP contribution in [-0.2, 0) is 0 Å². The van der Waals surface area contributed by atoms with Gasteiger partial charge in [-0.25, -0.2) is 0 Å². The Hall–Kier alpha value is 0.0400. The molecule has 1 unspecified atom stereocenters. The molecule has 0 fully saturated rings. The van der Waals surface area contributed by atoms with Gasteiger partial charge in [-0.05, 0) is 6.42 Å². The number of halogens is 1. The quantitative estimate of drug-likeness (QED) is 0.383. The van der Waals surface area contributed by atoms with E-state index in [1.807, 2.05) is 0 Å². The molecule has 0 rings (SSSR count). The Labute approximate surface area is 78.9 Å². The van der Waals surface area contributed by atoms with Gasteiger partial charge in [0.25, 0.3) is 0 Å². The molecule has 0 saturated carbocycles. The maximum absolute atomic E-state index is 3.29. The van der Waals surface area contributed by atoms with Gasteiger partial charge in [0.1, 0.15) is 0 Å². The first-order valence-electron chi connectivity index (χ1n) is 4.35. The minimum absolute atomic E-state index is 0.582. The maximum atomic E-state index is 3.29. The first kappa shape index (κ1) is 11.0. The lowest BCUT2D eigenvalue weighted by molar-refractivity contribution is 0.588. The van der Waals surface area contributed by atoms with Crippen molar-refractivity contribution in [1.29, 1.82) is 0 Å². The van der Waals surface area contributed by atoms with E-state index in [1.54, 1.807) is 0 Å². The molecule has 64 valence electrons. The van der Waals surface area contributed by atoms with E-state index in [2.05, 4.69) is 41.6 Å². The molecule has 0 aromatic carbocycles. The molecular formula is C10H17Br. The Bertz CT molecular complexity index is 130. The third-order valence-electron chi connectivity index (χ3n) is 1.66. The van der Waals surface area contributed by atoms with Crippen LogP contribution < -0.4 is 0 Å². The zero-order valence-corrected chi connectivity index (χ0v) is 9.08. The van der Waals surface area contributed by atoms with Crippen molar-refractivity contribution in [2.24, 2.45) is 5.92 Å². The summed E-state index contributed by atoms with van der Waals surface area (Å²) in [5.74, 6) is 6.82. The van der Waals surface area contributed by atoms with Crippen LogP contribution in [0.2, 0.25) is 0 Å². The Morgan fingerprint density at radius 3 is 2.64 bits per heavy atom. The molecule has 0 N–H and O–H groups in total. The van der Waals surface area contributed by atoms with Gasteiger partial charge < -0.3 is 0 Å². The Morgan fingerprint density at radius 2 is 2.09 bits per heavy atom. The number of rotatable bonds is 4. The number of alkyl halides is 1. The second-order valence-electron chi connectivity index (χ2n) is 2.85. The van der Waals surface area contributed by atoms with Crippen molar-refractivity contribution in [3.8, 4) is 11.8 Å². The predicted octanol–water partition coefficient (Wildman–Crippen LogP) is 3.60. The Balaban J connectivity index is 3.29. The summed E-state index contributed by atoms with van der Waals surface area (Å²) in [4.78, 5) is 0. The molecule has 1 atom stereocenters. The lowest BCUT2D eigenvalue weighted by Gasteiger charge is -2.01. The van der Waals surface area contributed by atoms with Crippen molar-refractivity contribution in [3.63, 3.8) is 0 Å². The average Bonchev–Trinajstić information content (AvgIpc) is 2.01. The minimum atomic E-state index is 0.582. The van der Waals surface area contributed by atoms with Crippen molar-refractivity contribution >= 4 is 15.9 Å². The monoisotopic (exact) mass is 216 g/mol. The number of unbranched alkanes of at least 4 members (excludes halogenated alkanes) is 2. The van der Waals surface area contributed by atoms with E-state index in [9.17, 15) is 0 Å². The molecule has 0 aliphatic carbocycles. The zero-order chi connectivity index (χ0) is 8.53. The van der Waals surface area contributed by atoms with Gasteiger partial charge in [0.05, 0.1) is 5.33 Å². The van der Waals surface area contributed by atoms with Crippen LogP contribution in [0.1, 0.15) is 39.5 Å². The van der Waals surface area contributed by atoms with E-state index >= 15 is 0 Å². The minimum Gasteiger partial charge on any atom is -0.0993 e. The Kier molecular flexibility index (Phi) is 8.17. The fraction of sp³-hybridized carbons (Fsp3) is 0.800. The van der Waals surface area contributed by atoms with Crippen molar-refractivity contribution in [2.45, 2.75) is 39.5 Å². The molecule has 0 amide bonds. The number of hydrogen-bond donors (Lipinski definition) is 0. The Morgan fingerprint density at radius 1 is 1.36 bits per heavy atom. The molecule has 0 aromatic heterocycles. The van der Waals surface area contributed by atoms with Crippen LogP contribution in [0.5, 0.6) is 0 Å². The summed E-state index contributed by atoms with van der Waals surface area (Å²) < 4.78 is 0. The van der Waals surface area contributed by atoms with Gasteiger partial charge in [-0.1, -0.05) is 60.9 Å². The topological polar surface area (TPSA) is 0 Å². The summed E-state index contributed by atoms with van der Waals surface area (Å²) in [5.41, 5.74) is 0. The lowest BCUT2D eigenvalue weighted by atomic mass is 10.0. The lowest BCUT2D eigenvalue weighted by Crippen LogP contribution is -1.89. The van der Waals surface area contributed by atoms with Gasteiger partial charge in [0.2, 0.25) is 0 Å². The summed E-state index contributed by atoms with van der Waals surface area (Å²) in [5, 5.41) is 0.811. The van der Waals surface area contributed by atoms with Crippen LogP contribution in [0.3, 0.4) is 0 Å². The largest absolute Gasteiger partial charge is 0.0993 e. The van der Waals surface area contributed by atoms with Crippen LogP contribution in [-0.4, -0.2) is 5.33 Å². The molecule has 0 aromatic rings. The smallest absolute Gasteiger partial charge is 0.0645 e. The zero-order valence-electron chi connectivity index (χ0n) is 7.49. The van der Waals surface area contributed by atoms with E-state index in [-0.39, 0.29) is 0 Å². The van der Waals surface area contributed by atoms with Crippen LogP contribution in [0.4, 0.5) is 0 Å². The second kappa shape index (κ2) is 8.14. The highest BCUT2D eigenvalue weighted by Crippen LogP contribution is 2.07. The SMILES string of the molecule is CCCCCC(C)C#CCBr. The van der Waals surface area contributed by atoms with Gasteiger partial charge in [-0.15, -0.1) is 0 Å². The van der Waals surface area contributed by atoms with Gasteiger partial charge in [-0.3, -0.25) is 0 Å². The van der Waals surface area contributed by atoms with Crippen molar-refractivity contribution in [1.82, 2.24) is 0 Å². The standard InChI is InChI=1S/C10H17Br/c1-3-4-5-7-10(2)8-6-9-11/h10H,3-5,7,9H2,1-2H3. The predicted molar refractivity (Wildman–Crippen MR) is 54.9 cm³/mol. The van der Waals surface area contributed by atoms with Crippen LogP contribution in [0.25, 0.3) is 0 Å². The summed E-state index contributed by atoms with van der Waals surface area (Å²) >= 11 is 3.29. The molecule has 0 nitrogen and oxygen atoms in total. The van der Waals surface area contributed by atoms with E-state index < -0.39 is 0 Å². The molecule has 1 heteroatoms.